The lowest BCUT2D eigenvalue weighted by Crippen LogP contribution is -2.52. The van der Waals surface area contributed by atoms with Gasteiger partial charge in [0, 0.05) is 12.3 Å². The molecule has 2 fully saturated rings. The molecule has 5 atom stereocenters. The van der Waals surface area contributed by atoms with Crippen molar-refractivity contribution in [3.05, 3.63) is 29.3 Å². The Morgan fingerprint density at radius 1 is 1.32 bits per heavy atom. The van der Waals surface area contributed by atoms with E-state index in [2.05, 4.69) is 18.9 Å². The highest BCUT2D eigenvalue weighted by Gasteiger charge is 2.63. The quantitative estimate of drug-likeness (QED) is 0.617. The Morgan fingerprint density at radius 2 is 2.12 bits per heavy atom. The first kappa shape index (κ1) is 16.5. The van der Waals surface area contributed by atoms with Gasteiger partial charge in [-0.05, 0) is 79.5 Å². The first-order chi connectivity index (χ1) is 11.9. The average molecular weight is 338 g/mol. The third-order valence-corrected chi connectivity index (χ3v) is 7.38. The molecule has 4 rings (SSSR count). The normalized spacial score (nSPS) is 38.8. The molecule has 1 aromatic carbocycles. The van der Waals surface area contributed by atoms with Crippen LogP contribution in [0.1, 0.15) is 63.0 Å². The largest absolute Gasteiger partial charge is 0.508 e. The van der Waals surface area contributed by atoms with Gasteiger partial charge in [-0.25, -0.2) is 0 Å². The van der Waals surface area contributed by atoms with Gasteiger partial charge in [-0.2, -0.15) is 0 Å². The molecule has 0 amide bonds. The van der Waals surface area contributed by atoms with Crippen LogP contribution in [0.25, 0.3) is 0 Å². The Morgan fingerprint density at radius 3 is 2.84 bits per heavy atom. The third-order valence-electron chi connectivity index (χ3n) is 7.38. The number of fused-ring (bicyclic) bond motifs is 5. The van der Waals surface area contributed by atoms with Crippen molar-refractivity contribution < 1.29 is 14.6 Å². The monoisotopic (exact) mass is 338 g/mol. The Labute approximate surface area is 149 Å². The van der Waals surface area contributed by atoms with E-state index >= 15 is 0 Å². The van der Waals surface area contributed by atoms with Gasteiger partial charge in [-0.1, -0.05) is 18.9 Å². The first-order valence-corrected chi connectivity index (χ1v) is 9.39. The fourth-order valence-electron chi connectivity index (χ4n) is 6.25. The Balaban J connectivity index is 1.70. The van der Waals surface area contributed by atoms with E-state index in [1.807, 2.05) is 12.1 Å². The summed E-state index contributed by atoms with van der Waals surface area (Å²) in [5.74, 6) is 4.59. The molecular weight excluding hydrogens is 312 g/mol. The van der Waals surface area contributed by atoms with E-state index in [1.54, 1.807) is 0 Å². The lowest BCUT2D eigenvalue weighted by molar-refractivity contribution is -0.165. The van der Waals surface area contributed by atoms with Gasteiger partial charge in [0.25, 0.3) is 0 Å². The standard InChI is InChI=1S/C22H26O3/c1-4-22(25-14(2)23)12-10-20-19-7-5-15-13-16(24)6-8-17(15)18(19)9-11-21(20,22)3/h1,6,8,13,18-20,24H,5,7,9-12H2,2-3H3. The zero-order valence-electron chi connectivity index (χ0n) is 15.0. The maximum atomic E-state index is 11.7. The number of carbonyl (C=O) groups is 1. The molecule has 3 heteroatoms. The number of esters is 1. The van der Waals surface area contributed by atoms with Gasteiger partial charge in [0.2, 0.25) is 0 Å². The summed E-state index contributed by atoms with van der Waals surface area (Å²) in [4.78, 5) is 11.7. The van der Waals surface area contributed by atoms with Crippen molar-refractivity contribution in [1.29, 1.82) is 0 Å². The summed E-state index contributed by atoms with van der Waals surface area (Å²) < 4.78 is 5.78. The van der Waals surface area contributed by atoms with Crippen LogP contribution in [0.15, 0.2) is 18.2 Å². The molecule has 0 bridgehead atoms. The summed E-state index contributed by atoms with van der Waals surface area (Å²) in [6.45, 7) is 3.71. The molecule has 3 aliphatic carbocycles. The molecule has 0 heterocycles. The minimum atomic E-state index is -0.746. The number of hydrogen-bond donors (Lipinski definition) is 1. The van der Waals surface area contributed by atoms with Gasteiger partial charge >= 0.3 is 5.97 Å². The van der Waals surface area contributed by atoms with E-state index in [-0.39, 0.29) is 11.4 Å². The number of carbonyl (C=O) groups excluding carboxylic acids is 1. The number of phenolic OH excluding ortho intramolecular Hbond substituents is 1. The SMILES string of the molecule is C#CC1(OC(C)=O)CCC2C3CCc4cc(O)ccc4C3CCC21C. The van der Waals surface area contributed by atoms with E-state index in [4.69, 9.17) is 11.2 Å². The van der Waals surface area contributed by atoms with E-state index in [9.17, 15) is 9.90 Å². The fraction of sp³-hybridized carbons (Fsp3) is 0.591. The zero-order valence-corrected chi connectivity index (χ0v) is 15.0. The van der Waals surface area contributed by atoms with Crippen molar-refractivity contribution in [2.75, 3.05) is 0 Å². The van der Waals surface area contributed by atoms with Crippen LogP contribution < -0.4 is 0 Å². The average Bonchev–Trinajstić information content (AvgIpc) is 2.87. The highest BCUT2D eigenvalue weighted by molar-refractivity contribution is 5.67. The number of benzene rings is 1. The Hall–Kier alpha value is -1.95. The number of ether oxygens (including phenoxy) is 1. The van der Waals surface area contributed by atoms with Crippen LogP contribution >= 0.6 is 0 Å². The minimum Gasteiger partial charge on any atom is -0.508 e. The third kappa shape index (κ3) is 2.23. The smallest absolute Gasteiger partial charge is 0.304 e. The van der Waals surface area contributed by atoms with E-state index in [0.717, 1.165) is 38.5 Å². The second kappa shape index (κ2) is 5.53. The van der Waals surface area contributed by atoms with Crippen molar-refractivity contribution >= 4 is 5.97 Å². The zero-order chi connectivity index (χ0) is 17.8. The summed E-state index contributed by atoms with van der Waals surface area (Å²) in [7, 11) is 0. The van der Waals surface area contributed by atoms with Crippen LogP contribution in [0.4, 0.5) is 0 Å². The van der Waals surface area contributed by atoms with Crippen LogP contribution in [-0.4, -0.2) is 16.7 Å². The molecule has 1 aromatic rings. The minimum absolute atomic E-state index is 0.136. The number of aryl methyl sites for hydroxylation is 1. The molecule has 3 aliphatic rings. The maximum absolute atomic E-state index is 11.7. The number of rotatable bonds is 1. The molecule has 0 radical (unpaired) electrons. The molecule has 5 unspecified atom stereocenters. The summed E-state index contributed by atoms with van der Waals surface area (Å²) in [5.41, 5.74) is 1.82. The molecule has 0 aliphatic heterocycles. The van der Waals surface area contributed by atoms with Gasteiger partial charge in [-0.3, -0.25) is 4.79 Å². The van der Waals surface area contributed by atoms with Crippen molar-refractivity contribution in [2.24, 2.45) is 17.3 Å². The fourth-order valence-corrected chi connectivity index (χ4v) is 6.25. The molecule has 3 nitrogen and oxygen atoms in total. The van der Waals surface area contributed by atoms with Crippen molar-refractivity contribution in [3.63, 3.8) is 0 Å². The van der Waals surface area contributed by atoms with Crippen molar-refractivity contribution in [2.45, 2.75) is 63.9 Å². The molecule has 0 spiro atoms. The van der Waals surface area contributed by atoms with Gasteiger partial charge in [0.15, 0.2) is 5.60 Å². The van der Waals surface area contributed by atoms with E-state index in [0.29, 0.717) is 23.5 Å². The molecular formula is C22H26O3. The number of terminal acetylenes is 1. The van der Waals surface area contributed by atoms with Gasteiger partial charge in [0.1, 0.15) is 5.75 Å². The van der Waals surface area contributed by atoms with E-state index in [1.165, 1.54) is 18.1 Å². The van der Waals surface area contributed by atoms with Gasteiger partial charge in [-0.15, -0.1) is 6.42 Å². The van der Waals surface area contributed by atoms with Crippen molar-refractivity contribution in [3.8, 4) is 18.1 Å². The second-order valence-corrected chi connectivity index (χ2v) is 8.36. The van der Waals surface area contributed by atoms with Crippen LogP contribution in [0.2, 0.25) is 0 Å². The highest BCUT2D eigenvalue weighted by Crippen LogP contribution is 2.65. The molecule has 0 aromatic heterocycles. The van der Waals surface area contributed by atoms with Crippen LogP contribution in [0, 0.1) is 29.6 Å². The molecule has 2 saturated carbocycles. The lowest BCUT2D eigenvalue weighted by atomic mass is 9.53. The Bertz CT molecular complexity index is 761. The summed E-state index contributed by atoms with van der Waals surface area (Å²) in [6, 6.07) is 5.85. The number of phenols is 1. The van der Waals surface area contributed by atoms with Crippen LogP contribution in [0.3, 0.4) is 0 Å². The van der Waals surface area contributed by atoms with Crippen LogP contribution in [-0.2, 0) is 16.0 Å². The molecule has 0 saturated heterocycles. The predicted molar refractivity (Wildman–Crippen MR) is 96.1 cm³/mol. The summed E-state index contributed by atoms with van der Waals surface area (Å²) >= 11 is 0. The lowest BCUT2D eigenvalue weighted by Gasteiger charge is -2.52. The molecule has 132 valence electrons. The molecule has 1 N–H and O–H groups in total. The summed E-state index contributed by atoms with van der Waals surface area (Å²) in [6.07, 6.45) is 11.9. The van der Waals surface area contributed by atoms with Gasteiger partial charge < -0.3 is 9.84 Å². The maximum Gasteiger partial charge on any atom is 0.304 e. The Kier molecular flexibility index (Phi) is 3.65. The number of hydrogen-bond acceptors (Lipinski definition) is 3. The second-order valence-electron chi connectivity index (χ2n) is 8.36. The van der Waals surface area contributed by atoms with Crippen molar-refractivity contribution in [1.82, 2.24) is 0 Å². The summed E-state index contributed by atoms with van der Waals surface area (Å²) in [5, 5.41) is 9.79. The highest BCUT2D eigenvalue weighted by atomic mass is 16.6. The first-order valence-electron chi connectivity index (χ1n) is 9.39. The van der Waals surface area contributed by atoms with E-state index < -0.39 is 5.60 Å². The topological polar surface area (TPSA) is 46.5 Å². The van der Waals surface area contributed by atoms with Gasteiger partial charge in [0.05, 0.1) is 0 Å². The number of aromatic hydroxyl groups is 1. The van der Waals surface area contributed by atoms with Crippen LogP contribution in [0.5, 0.6) is 5.75 Å². The molecule has 25 heavy (non-hydrogen) atoms. The predicted octanol–water partition coefficient (Wildman–Crippen LogP) is 4.18.